The smallest absolute Gasteiger partial charge is 0.208 e. The first-order valence-electron chi connectivity index (χ1n) is 6.58. The fourth-order valence-electron chi connectivity index (χ4n) is 1.85. The summed E-state index contributed by atoms with van der Waals surface area (Å²) in [6.45, 7) is 6.35. The number of nitrogens with zero attached hydrogens (tertiary/aromatic N) is 4. The molecule has 0 aliphatic rings. The second kappa shape index (κ2) is 6.38. The summed E-state index contributed by atoms with van der Waals surface area (Å²) < 4.78 is 9.06. The number of anilines is 1. The minimum atomic E-state index is 0.766. The monoisotopic (exact) mass is 263 g/mol. The van der Waals surface area contributed by atoms with E-state index in [9.17, 15) is 0 Å². The summed E-state index contributed by atoms with van der Waals surface area (Å²) in [5.41, 5.74) is 0.970. The van der Waals surface area contributed by atoms with Gasteiger partial charge in [-0.05, 0) is 20.3 Å². The summed E-state index contributed by atoms with van der Waals surface area (Å²) in [7, 11) is 1.91. The maximum absolute atomic E-state index is 5.31. The average Bonchev–Trinajstić information content (AvgIpc) is 2.95. The first kappa shape index (κ1) is 13.6. The van der Waals surface area contributed by atoms with Gasteiger partial charge in [0.1, 0.15) is 0 Å². The molecule has 0 bridgehead atoms. The second-order valence-electron chi connectivity index (χ2n) is 4.40. The predicted molar refractivity (Wildman–Crippen MR) is 74.7 cm³/mol. The highest BCUT2D eigenvalue weighted by Crippen LogP contribution is 2.14. The Balaban J connectivity index is 2.00. The van der Waals surface area contributed by atoms with Crippen molar-refractivity contribution >= 4 is 5.95 Å². The summed E-state index contributed by atoms with van der Waals surface area (Å²) in [6, 6.07) is 1.96. The average molecular weight is 263 g/mol. The molecule has 6 heteroatoms. The van der Waals surface area contributed by atoms with Crippen molar-refractivity contribution in [2.24, 2.45) is 7.05 Å². The lowest BCUT2D eigenvalue weighted by atomic mass is 10.4. The molecule has 2 heterocycles. The van der Waals surface area contributed by atoms with Gasteiger partial charge in [0.05, 0.1) is 5.69 Å². The van der Waals surface area contributed by atoms with Crippen LogP contribution in [0.2, 0.25) is 0 Å². The van der Waals surface area contributed by atoms with Crippen LogP contribution in [0.4, 0.5) is 5.95 Å². The normalized spacial score (nSPS) is 10.9. The Kier molecular flexibility index (Phi) is 4.57. The Morgan fingerprint density at radius 1 is 1.42 bits per heavy atom. The van der Waals surface area contributed by atoms with Gasteiger partial charge in [-0.1, -0.05) is 0 Å². The Morgan fingerprint density at radius 2 is 2.26 bits per heavy atom. The van der Waals surface area contributed by atoms with Gasteiger partial charge >= 0.3 is 0 Å². The van der Waals surface area contributed by atoms with Crippen molar-refractivity contribution in [2.75, 3.05) is 25.1 Å². The number of ether oxygens (including phenoxy) is 1. The lowest BCUT2D eigenvalue weighted by Gasteiger charge is -2.07. The van der Waals surface area contributed by atoms with E-state index in [0.717, 1.165) is 43.6 Å². The zero-order chi connectivity index (χ0) is 13.7. The minimum Gasteiger partial charge on any atom is -0.382 e. The van der Waals surface area contributed by atoms with Crippen LogP contribution in [0.5, 0.6) is 0 Å². The van der Waals surface area contributed by atoms with Gasteiger partial charge in [-0.15, -0.1) is 0 Å². The zero-order valence-corrected chi connectivity index (χ0v) is 11.8. The van der Waals surface area contributed by atoms with Crippen LogP contribution in [0.1, 0.15) is 19.0 Å². The van der Waals surface area contributed by atoms with Crippen molar-refractivity contribution in [1.29, 1.82) is 0 Å². The van der Waals surface area contributed by atoms with Crippen molar-refractivity contribution in [2.45, 2.75) is 20.3 Å². The summed E-state index contributed by atoms with van der Waals surface area (Å²) in [6.07, 6.45) is 4.86. The molecule has 0 spiro atoms. The molecule has 0 fully saturated rings. The van der Waals surface area contributed by atoms with Crippen LogP contribution in [0.25, 0.3) is 5.82 Å². The lowest BCUT2D eigenvalue weighted by Crippen LogP contribution is -2.10. The van der Waals surface area contributed by atoms with Crippen LogP contribution in [-0.4, -0.2) is 39.1 Å². The van der Waals surface area contributed by atoms with Crippen LogP contribution in [0, 0.1) is 6.92 Å². The largest absolute Gasteiger partial charge is 0.382 e. The fourth-order valence-corrected chi connectivity index (χ4v) is 1.85. The summed E-state index contributed by atoms with van der Waals surface area (Å²) in [5.74, 6) is 1.70. The Labute approximate surface area is 113 Å². The predicted octanol–water partition coefficient (Wildman–Crippen LogP) is 1.75. The molecule has 0 amide bonds. The molecule has 0 aliphatic heterocycles. The molecule has 0 radical (unpaired) electrons. The highest BCUT2D eigenvalue weighted by molar-refractivity contribution is 5.38. The molecular weight excluding hydrogens is 242 g/mol. The molecule has 1 N–H and O–H groups in total. The van der Waals surface area contributed by atoms with Gasteiger partial charge in [0, 0.05) is 45.3 Å². The molecule has 2 aromatic heterocycles. The Bertz CT molecular complexity index is 517. The topological polar surface area (TPSA) is 56.9 Å². The van der Waals surface area contributed by atoms with Crippen LogP contribution in [-0.2, 0) is 11.8 Å². The van der Waals surface area contributed by atoms with Crippen LogP contribution < -0.4 is 5.32 Å². The van der Waals surface area contributed by atoms with Gasteiger partial charge in [-0.3, -0.25) is 9.25 Å². The van der Waals surface area contributed by atoms with E-state index in [-0.39, 0.29) is 0 Å². The van der Waals surface area contributed by atoms with Gasteiger partial charge in [-0.2, -0.15) is 5.10 Å². The standard InChI is InChI=1S/C13H21N5O/c1-4-19-9-5-7-14-13-15-11(2)10-18(13)12-6-8-17(3)16-12/h6,8,10H,4-5,7,9H2,1-3H3,(H,14,15). The number of rotatable bonds is 7. The lowest BCUT2D eigenvalue weighted by molar-refractivity contribution is 0.147. The molecule has 0 aromatic carbocycles. The number of imidazole rings is 1. The van der Waals surface area contributed by atoms with E-state index in [0.29, 0.717) is 0 Å². The first-order chi connectivity index (χ1) is 9.20. The van der Waals surface area contributed by atoms with Crippen LogP contribution in [0.15, 0.2) is 18.5 Å². The number of hydrogen-bond donors (Lipinski definition) is 1. The van der Waals surface area contributed by atoms with E-state index in [4.69, 9.17) is 4.74 Å². The molecule has 2 rings (SSSR count). The molecule has 2 aromatic rings. The molecular formula is C13H21N5O. The SMILES string of the molecule is CCOCCCNc1nc(C)cn1-c1ccn(C)n1. The minimum absolute atomic E-state index is 0.766. The number of aryl methyl sites for hydroxylation is 2. The molecule has 0 atom stereocenters. The Hall–Kier alpha value is -1.82. The highest BCUT2D eigenvalue weighted by Gasteiger charge is 2.08. The van der Waals surface area contributed by atoms with Gasteiger partial charge in [0.25, 0.3) is 0 Å². The van der Waals surface area contributed by atoms with Crippen molar-refractivity contribution in [3.63, 3.8) is 0 Å². The van der Waals surface area contributed by atoms with Crippen molar-refractivity contribution in [3.8, 4) is 5.82 Å². The van der Waals surface area contributed by atoms with E-state index in [1.807, 2.05) is 43.9 Å². The van der Waals surface area contributed by atoms with Crippen molar-refractivity contribution < 1.29 is 4.74 Å². The molecule has 104 valence electrons. The van der Waals surface area contributed by atoms with Gasteiger partial charge in [0.15, 0.2) is 5.82 Å². The maximum Gasteiger partial charge on any atom is 0.208 e. The van der Waals surface area contributed by atoms with E-state index in [1.165, 1.54) is 0 Å². The van der Waals surface area contributed by atoms with Gasteiger partial charge in [0.2, 0.25) is 5.95 Å². The van der Waals surface area contributed by atoms with Crippen molar-refractivity contribution in [3.05, 3.63) is 24.2 Å². The highest BCUT2D eigenvalue weighted by atomic mass is 16.5. The first-order valence-corrected chi connectivity index (χ1v) is 6.58. The summed E-state index contributed by atoms with van der Waals surface area (Å²) in [5, 5.41) is 7.71. The third kappa shape index (κ3) is 3.57. The number of nitrogens with one attached hydrogen (secondary N) is 1. The molecule has 0 saturated heterocycles. The van der Waals surface area contributed by atoms with E-state index < -0.39 is 0 Å². The molecule has 6 nitrogen and oxygen atoms in total. The summed E-state index contributed by atoms with van der Waals surface area (Å²) >= 11 is 0. The van der Waals surface area contributed by atoms with E-state index in [1.54, 1.807) is 4.68 Å². The Morgan fingerprint density at radius 3 is 2.95 bits per heavy atom. The second-order valence-corrected chi connectivity index (χ2v) is 4.40. The molecule has 0 saturated carbocycles. The third-order valence-corrected chi connectivity index (χ3v) is 2.73. The number of aromatic nitrogens is 4. The quantitative estimate of drug-likeness (QED) is 0.773. The molecule has 19 heavy (non-hydrogen) atoms. The van der Waals surface area contributed by atoms with Crippen LogP contribution in [0.3, 0.4) is 0 Å². The van der Waals surface area contributed by atoms with E-state index in [2.05, 4.69) is 15.4 Å². The van der Waals surface area contributed by atoms with E-state index >= 15 is 0 Å². The maximum atomic E-state index is 5.31. The van der Waals surface area contributed by atoms with Crippen LogP contribution >= 0.6 is 0 Å². The number of hydrogen-bond acceptors (Lipinski definition) is 4. The molecule has 0 unspecified atom stereocenters. The molecule has 0 aliphatic carbocycles. The van der Waals surface area contributed by atoms with Crippen molar-refractivity contribution in [1.82, 2.24) is 19.3 Å². The fraction of sp³-hybridized carbons (Fsp3) is 0.538. The zero-order valence-electron chi connectivity index (χ0n) is 11.8. The summed E-state index contributed by atoms with van der Waals surface area (Å²) in [4.78, 5) is 4.48. The third-order valence-electron chi connectivity index (χ3n) is 2.73. The van der Waals surface area contributed by atoms with Gasteiger partial charge in [-0.25, -0.2) is 4.98 Å². The van der Waals surface area contributed by atoms with Gasteiger partial charge < -0.3 is 10.1 Å².